The first kappa shape index (κ1) is 15.4. The largest absolute Gasteiger partial charge is 0.493 e. The van der Waals surface area contributed by atoms with E-state index in [-0.39, 0.29) is 12.4 Å². The number of benzene rings is 1. The van der Waals surface area contributed by atoms with Crippen LogP contribution >= 0.6 is 15.9 Å². The summed E-state index contributed by atoms with van der Waals surface area (Å²) < 4.78 is 11.6. The van der Waals surface area contributed by atoms with Crippen molar-refractivity contribution in [3.8, 4) is 5.75 Å². The predicted molar refractivity (Wildman–Crippen MR) is 81.9 cm³/mol. The zero-order valence-electron chi connectivity index (χ0n) is 11.9. The van der Waals surface area contributed by atoms with Crippen LogP contribution in [0.5, 0.6) is 5.75 Å². The number of carbonyl (C=O) groups is 1. The molecule has 0 unspecified atom stereocenters. The van der Waals surface area contributed by atoms with E-state index in [2.05, 4.69) is 15.9 Å². The van der Waals surface area contributed by atoms with Crippen LogP contribution in [0.1, 0.15) is 37.7 Å². The van der Waals surface area contributed by atoms with Crippen molar-refractivity contribution in [1.82, 2.24) is 0 Å². The van der Waals surface area contributed by atoms with Crippen LogP contribution in [0, 0.1) is 5.92 Å². The third-order valence-electron chi connectivity index (χ3n) is 3.78. The molecule has 1 fully saturated rings. The summed E-state index contributed by atoms with van der Waals surface area (Å²) in [6, 6.07) is 5.79. The lowest BCUT2D eigenvalue weighted by Crippen LogP contribution is -2.16. The number of carbonyl (C=O) groups excluding carboxylic acids is 1. The molecular weight excluding hydrogens is 320 g/mol. The Hall–Kier alpha value is -1.03. The summed E-state index contributed by atoms with van der Waals surface area (Å²) in [5.41, 5.74) is 0.877. The van der Waals surface area contributed by atoms with E-state index in [1.54, 1.807) is 0 Å². The maximum absolute atomic E-state index is 11.5. The molecule has 1 aliphatic rings. The summed E-state index contributed by atoms with van der Waals surface area (Å²) in [7, 11) is 1.41. The Balaban J connectivity index is 2.00. The molecule has 0 amide bonds. The minimum Gasteiger partial charge on any atom is -0.493 e. The molecule has 1 aliphatic carbocycles. The van der Waals surface area contributed by atoms with E-state index in [1.807, 2.05) is 18.2 Å². The Kier molecular flexibility index (Phi) is 5.89. The molecule has 1 aromatic carbocycles. The second-order valence-corrected chi connectivity index (χ2v) is 6.24. The van der Waals surface area contributed by atoms with E-state index < -0.39 is 0 Å². The number of ether oxygens (including phenoxy) is 2. The molecule has 0 spiro atoms. The van der Waals surface area contributed by atoms with Gasteiger partial charge < -0.3 is 9.47 Å². The van der Waals surface area contributed by atoms with Crippen LogP contribution in [0.3, 0.4) is 0 Å². The Morgan fingerprint density at radius 2 is 2.05 bits per heavy atom. The van der Waals surface area contributed by atoms with Gasteiger partial charge in [0.15, 0.2) is 0 Å². The number of halogens is 1. The zero-order chi connectivity index (χ0) is 14.4. The van der Waals surface area contributed by atoms with E-state index in [4.69, 9.17) is 9.47 Å². The standard InChI is InChI=1S/C16H21BrO3/c1-19-16(18)10-13-9-14(17)7-8-15(13)20-11-12-5-3-2-4-6-12/h7-9,12H,2-6,10-11H2,1H3. The SMILES string of the molecule is COC(=O)Cc1cc(Br)ccc1OCC1CCCCC1. The molecule has 0 aliphatic heterocycles. The maximum atomic E-state index is 11.5. The summed E-state index contributed by atoms with van der Waals surface area (Å²) >= 11 is 3.43. The first-order chi connectivity index (χ1) is 9.69. The van der Waals surface area contributed by atoms with Gasteiger partial charge in [0.25, 0.3) is 0 Å². The van der Waals surface area contributed by atoms with Gasteiger partial charge in [-0.2, -0.15) is 0 Å². The van der Waals surface area contributed by atoms with Gasteiger partial charge in [-0.05, 0) is 37.0 Å². The molecule has 110 valence electrons. The lowest BCUT2D eigenvalue weighted by atomic mass is 9.90. The van der Waals surface area contributed by atoms with Crippen LogP contribution in [-0.4, -0.2) is 19.7 Å². The first-order valence-corrected chi connectivity index (χ1v) is 7.96. The highest BCUT2D eigenvalue weighted by molar-refractivity contribution is 9.10. The van der Waals surface area contributed by atoms with Crippen LogP contribution in [0.2, 0.25) is 0 Å². The third kappa shape index (κ3) is 4.51. The predicted octanol–water partition coefficient (Wildman–Crippen LogP) is 4.12. The lowest BCUT2D eigenvalue weighted by Gasteiger charge is -2.22. The molecule has 3 nitrogen and oxygen atoms in total. The molecule has 0 heterocycles. The summed E-state index contributed by atoms with van der Waals surface area (Å²) in [6.45, 7) is 0.746. The number of rotatable bonds is 5. The van der Waals surface area contributed by atoms with Crippen molar-refractivity contribution in [3.63, 3.8) is 0 Å². The zero-order valence-corrected chi connectivity index (χ0v) is 13.4. The molecule has 4 heteroatoms. The van der Waals surface area contributed by atoms with Crippen molar-refractivity contribution in [2.75, 3.05) is 13.7 Å². The summed E-state index contributed by atoms with van der Waals surface area (Å²) in [4.78, 5) is 11.5. The average molecular weight is 341 g/mol. The Morgan fingerprint density at radius 1 is 1.30 bits per heavy atom. The fourth-order valence-corrected chi connectivity index (χ4v) is 3.02. The maximum Gasteiger partial charge on any atom is 0.310 e. The lowest BCUT2D eigenvalue weighted by molar-refractivity contribution is -0.139. The molecule has 0 N–H and O–H groups in total. The van der Waals surface area contributed by atoms with Gasteiger partial charge in [0, 0.05) is 10.0 Å². The van der Waals surface area contributed by atoms with Gasteiger partial charge in [-0.15, -0.1) is 0 Å². The van der Waals surface area contributed by atoms with Crippen LogP contribution in [0.4, 0.5) is 0 Å². The minimum absolute atomic E-state index is 0.245. The van der Waals surface area contributed by atoms with Crippen molar-refractivity contribution < 1.29 is 14.3 Å². The Bertz CT molecular complexity index is 453. The molecule has 0 saturated heterocycles. The second-order valence-electron chi connectivity index (χ2n) is 5.32. The van der Waals surface area contributed by atoms with Gasteiger partial charge in [-0.1, -0.05) is 35.2 Å². The van der Waals surface area contributed by atoms with Crippen LogP contribution in [0.25, 0.3) is 0 Å². The fourth-order valence-electron chi connectivity index (χ4n) is 2.62. The molecule has 1 aromatic rings. The number of hydrogen-bond donors (Lipinski definition) is 0. The van der Waals surface area contributed by atoms with E-state index in [0.717, 1.165) is 22.4 Å². The van der Waals surface area contributed by atoms with E-state index in [1.165, 1.54) is 39.2 Å². The minimum atomic E-state index is -0.245. The average Bonchev–Trinajstić information content (AvgIpc) is 2.47. The number of esters is 1. The highest BCUT2D eigenvalue weighted by Crippen LogP contribution is 2.28. The van der Waals surface area contributed by atoms with Gasteiger partial charge in [0.05, 0.1) is 20.1 Å². The molecule has 0 bridgehead atoms. The quantitative estimate of drug-likeness (QED) is 0.756. The van der Waals surface area contributed by atoms with Gasteiger partial charge in [0.1, 0.15) is 5.75 Å². The smallest absolute Gasteiger partial charge is 0.310 e. The van der Waals surface area contributed by atoms with Gasteiger partial charge in [-0.3, -0.25) is 4.79 Å². The van der Waals surface area contributed by atoms with E-state index in [0.29, 0.717) is 5.92 Å². The molecular formula is C16H21BrO3. The second kappa shape index (κ2) is 7.67. The monoisotopic (exact) mass is 340 g/mol. The summed E-state index contributed by atoms with van der Waals surface area (Å²) in [5, 5.41) is 0. The molecule has 1 saturated carbocycles. The fraction of sp³-hybridized carbons (Fsp3) is 0.562. The normalized spacial score (nSPS) is 15.9. The highest BCUT2D eigenvalue weighted by Gasteiger charge is 2.16. The number of hydrogen-bond acceptors (Lipinski definition) is 3. The van der Waals surface area contributed by atoms with Gasteiger partial charge in [-0.25, -0.2) is 0 Å². The molecule has 20 heavy (non-hydrogen) atoms. The summed E-state index contributed by atoms with van der Waals surface area (Å²) in [6.07, 6.45) is 6.72. The molecule has 0 atom stereocenters. The Morgan fingerprint density at radius 3 is 2.75 bits per heavy atom. The van der Waals surface area contributed by atoms with Crippen molar-refractivity contribution in [2.24, 2.45) is 5.92 Å². The van der Waals surface area contributed by atoms with E-state index >= 15 is 0 Å². The van der Waals surface area contributed by atoms with Crippen molar-refractivity contribution in [1.29, 1.82) is 0 Å². The van der Waals surface area contributed by atoms with Gasteiger partial charge >= 0.3 is 5.97 Å². The van der Waals surface area contributed by atoms with Crippen LogP contribution < -0.4 is 4.74 Å². The van der Waals surface area contributed by atoms with E-state index in [9.17, 15) is 4.79 Å². The molecule has 2 rings (SSSR count). The topological polar surface area (TPSA) is 35.5 Å². The highest BCUT2D eigenvalue weighted by atomic mass is 79.9. The number of methoxy groups -OCH3 is 1. The summed E-state index contributed by atoms with van der Waals surface area (Å²) in [5.74, 6) is 1.20. The van der Waals surface area contributed by atoms with Crippen molar-refractivity contribution >= 4 is 21.9 Å². The van der Waals surface area contributed by atoms with Crippen molar-refractivity contribution in [2.45, 2.75) is 38.5 Å². The molecule has 0 radical (unpaired) electrons. The van der Waals surface area contributed by atoms with Crippen molar-refractivity contribution in [3.05, 3.63) is 28.2 Å². The third-order valence-corrected chi connectivity index (χ3v) is 4.28. The van der Waals surface area contributed by atoms with Gasteiger partial charge in [0.2, 0.25) is 0 Å². The molecule has 0 aromatic heterocycles. The van der Waals surface area contributed by atoms with Crippen LogP contribution in [-0.2, 0) is 16.0 Å². The first-order valence-electron chi connectivity index (χ1n) is 7.17. The van der Waals surface area contributed by atoms with Crippen LogP contribution in [0.15, 0.2) is 22.7 Å². The Labute approximate surface area is 128 Å².